The van der Waals surface area contributed by atoms with E-state index in [1.165, 1.54) is 25.7 Å². The minimum atomic E-state index is -0.430. The van der Waals surface area contributed by atoms with Crippen LogP contribution in [0.4, 0.5) is 10.7 Å². The van der Waals surface area contributed by atoms with Crippen molar-refractivity contribution in [3.63, 3.8) is 0 Å². The maximum atomic E-state index is 11.9. The van der Waals surface area contributed by atoms with Crippen molar-refractivity contribution in [1.82, 2.24) is 25.8 Å². The van der Waals surface area contributed by atoms with Gasteiger partial charge in [-0.05, 0) is 43.9 Å². The summed E-state index contributed by atoms with van der Waals surface area (Å²) in [5, 5.41) is 11.9. The molecule has 0 aromatic carbocycles. The Labute approximate surface area is 138 Å². The Hall–Kier alpha value is -1.77. The normalized spacial score (nSPS) is 26.9. The number of nitrogens with one attached hydrogen (secondary N) is 3. The van der Waals surface area contributed by atoms with Gasteiger partial charge in [-0.3, -0.25) is 10.1 Å². The minimum Gasteiger partial charge on any atom is -0.368 e. The molecular weight excluding hydrogens is 316 g/mol. The third-order valence-corrected chi connectivity index (χ3v) is 5.71. The van der Waals surface area contributed by atoms with Crippen molar-refractivity contribution in [2.75, 3.05) is 11.5 Å². The number of H-pyrrole nitrogens is 1. The van der Waals surface area contributed by atoms with Gasteiger partial charge in [-0.2, -0.15) is 4.98 Å². The van der Waals surface area contributed by atoms with E-state index in [2.05, 4.69) is 25.8 Å². The van der Waals surface area contributed by atoms with E-state index in [9.17, 15) is 9.59 Å². The lowest BCUT2D eigenvalue weighted by molar-refractivity contribution is -0.117. The molecule has 3 amide bonds. The third-order valence-electron chi connectivity index (χ3n) is 4.86. The molecule has 2 aliphatic carbocycles. The van der Waals surface area contributed by atoms with Crippen LogP contribution < -0.4 is 16.4 Å². The summed E-state index contributed by atoms with van der Waals surface area (Å²) in [5.74, 6) is 2.00. The SMILES string of the molecule is C[C@@H](NC(=O)NC(=O)CSc1n[nH]c(N)n1)[C@H]1C[C@H]2CC[C@H]1C2. The van der Waals surface area contributed by atoms with Crippen LogP contribution in [0.25, 0.3) is 0 Å². The summed E-state index contributed by atoms with van der Waals surface area (Å²) in [7, 11) is 0. The van der Waals surface area contributed by atoms with Gasteiger partial charge < -0.3 is 11.1 Å². The number of urea groups is 1. The zero-order valence-electron chi connectivity index (χ0n) is 13.0. The summed E-state index contributed by atoms with van der Waals surface area (Å²) in [6.07, 6.45) is 5.11. The molecule has 2 saturated carbocycles. The van der Waals surface area contributed by atoms with E-state index in [0.29, 0.717) is 11.1 Å². The molecule has 2 fully saturated rings. The van der Waals surface area contributed by atoms with Crippen LogP contribution in [0.5, 0.6) is 0 Å². The molecule has 2 bridgehead atoms. The van der Waals surface area contributed by atoms with E-state index in [4.69, 9.17) is 5.73 Å². The molecule has 9 heteroatoms. The van der Waals surface area contributed by atoms with Crippen molar-refractivity contribution in [3.8, 4) is 0 Å². The molecule has 8 nitrogen and oxygen atoms in total. The summed E-state index contributed by atoms with van der Waals surface area (Å²) in [6.45, 7) is 2.03. The van der Waals surface area contributed by atoms with Crippen LogP contribution in [0.1, 0.15) is 32.6 Å². The highest BCUT2D eigenvalue weighted by atomic mass is 32.2. The number of nitrogens with two attached hydrogens (primary N) is 1. The minimum absolute atomic E-state index is 0.0627. The van der Waals surface area contributed by atoms with Crippen LogP contribution in [0.2, 0.25) is 0 Å². The number of anilines is 1. The van der Waals surface area contributed by atoms with E-state index in [1.54, 1.807) is 0 Å². The first-order valence-corrected chi connectivity index (χ1v) is 8.91. The Bertz CT molecular complexity index is 592. The zero-order chi connectivity index (χ0) is 16.4. The number of amides is 3. The summed E-state index contributed by atoms with van der Waals surface area (Å²) in [6, 6.07) is -0.334. The van der Waals surface area contributed by atoms with Gasteiger partial charge in [0.25, 0.3) is 0 Å². The topological polar surface area (TPSA) is 126 Å². The molecule has 0 radical (unpaired) electrons. The Morgan fingerprint density at radius 1 is 1.43 bits per heavy atom. The molecule has 5 N–H and O–H groups in total. The summed E-state index contributed by atoms with van der Waals surface area (Å²) >= 11 is 1.12. The van der Waals surface area contributed by atoms with Gasteiger partial charge in [0.15, 0.2) is 0 Å². The molecule has 0 spiro atoms. The van der Waals surface area contributed by atoms with E-state index < -0.39 is 6.03 Å². The van der Waals surface area contributed by atoms with Crippen molar-refractivity contribution in [1.29, 1.82) is 0 Å². The standard InChI is InChI=1S/C14H22N6O2S/c1-7(10-5-8-2-3-9(10)4-8)16-13(22)17-11(21)6-23-14-18-12(15)19-20-14/h7-10H,2-6H2,1H3,(H3,15,18,19,20)(H2,16,17,21,22)/t7-,8+,9+,10-/m1/s1. The van der Waals surface area contributed by atoms with Gasteiger partial charge in [-0.15, -0.1) is 5.10 Å². The number of carbonyl (C=O) groups excluding carboxylic acids is 2. The first-order valence-electron chi connectivity index (χ1n) is 7.92. The molecule has 2 aliphatic rings. The highest BCUT2D eigenvalue weighted by molar-refractivity contribution is 7.99. The number of rotatable bonds is 5. The second-order valence-corrected chi connectivity index (χ2v) is 7.38. The van der Waals surface area contributed by atoms with Crippen molar-refractivity contribution < 1.29 is 9.59 Å². The fourth-order valence-corrected chi connectivity index (χ4v) is 4.48. The second-order valence-electron chi connectivity index (χ2n) is 6.44. The maximum absolute atomic E-state index is 11.9. The van der Waals surface area contributed by atoms with E-state index in [0.717, 1.165) is 23.6 Å². The summed E-state index contributed by atoms with van der Waals surface area (Å²) in [4.78, 5) is 27.6. The Balaban J connectivity index is 1.39. The highest BCUT2D eigenvalue weighted by Gasteiger charge is 2.42. The Kier molecular flexibility index (Phi) is 4.74. The predicted molar refractivity (Wildman–Crippen MR) is 86.6 cm³/mol. The Morgan fingerprint density at radius 3 is 2.87 bits per heavy atom. The lowest BCUT2D eigenvalue weighted by Gasteiger charge is -2.28. The van der Waals surface area contributed by atoms with Gasteiger partial charge in [0.05, 0.1) is 5.75 Å². The number of thioether (sulfide) groups is 1. The molecular formula is C14H22N6O2S. The smallest absolute Gasteiger partial charge is 0.321 e. The van der Waals surface area contributed by atoms with E-state index in [-0.39, 0.29) is 23.7 Å². The average Bonchev–Trinajstić information content (AvgIpc) is 3.21. The number of nitrogen functional groups attached to an aromatic ring is 1. The van der Waals surface area contributed by atoms with E-state index >= 15 is 0 Å². The molecule has 0 unspecified atom stereocenters. The van der Waals surface area contributed by atoms with Crippen LogP contribution in [0, 0.1) is 17.8 Å². The number of carbonyl (C=O) groups is 2. The lowest BCUT2D eigenvalue weighted by atomic mass is 9.84. The van der Waals surface area contributed by atoms with E-state index in [1.807, 2.05) is 6.92 Å². The number of fused-ring (bicyclic) bond motifs is 2. The van der Waals surface area contributed by atoms with Crippen molar-refractivity contribution in [3.05, 3.63) is 0 Å². The molecule has 1 aromatic heterocycles. The fourth-order valence-electron chi connectivity index (χ4n) is 3.87. The van der Waals surface area contributed by atoms with Crippen LogP contribution in [-0.2, 0) is 4.79 Å². The van der Waals surface area contributed by atoms with Crippen LogP contribution in [0.15, 0.2) is 5.16 Å². The number of nitrogens with zero attached hydrogens (tertiary/aromatic N) is 2. The number of hydrogen-bond donors (Lipinski definition) is 4. The molecule has 0 aliphatic heterocycles. The van der Waals surface area contributed by atoms with Crippen molar-refractivity contribution in [2.24, 2.45) is 17.8 Å². The van der Waals surface area contributed by atoms with Gasteiger partial charge in [-0.1, -0.05) is 18.2 Å². The average molecular weight is 338 g/mol. The third kappa shape index (κ3) is 3.95. The summed E-state index contributed by atoms with van der Waals surface area (Å²) < 4.78 is 0. The molecule has 23 heavy (non-hydrogen) atoms. The zero-order valence-corrected chi connectivity index (χ0v) is 13.9. The number of aromatic nitrogens is 3. The molecule has 1 aromatic rings. The number of aromatic amines is 1. The number of hydrogen-bond acceptors (Lipinski definition) is 6. The fraction of sp³-hybridized carbons (Fsp3) is 0.714. The van der Waals surface area contributed by atoms with Gasteiger partial charge >= 0.3 is 6.03 Å². The van der Waals surface area contributed by atoms with Crippen LogP contribution in [0.3, 0.4) is 0 Å². The maximum Gasteiger partial charge on any atom is 0.321 e. The lowest BCUT2D eigenvalue weighted by Crippen LogP contribution is -2.47. The number of imide groups is 1. The Morgan fingerprint density at radius 2 is 2.26 bits per heavy atom. The first-order chi connectivity index (χ1) is 11.0. The van der Waals surface area contributed by atoms with Gasteiger partial charge in [-0.25, -0.2) is 9.89 Å². The molecule has 3 rings (SSSR count). The van der Waals surface area contributed by atoms with Gasteiger partial charge in [0.1, 0.15) is 0 Å². The van der Waals surface area contributed by atoms with Gasteiger partial charge in [0.2, 0.25) is 17.0 Å². The first kappa shape index (κ1) is 16.1. The second kappa shape index (κ2) is 6.77. The van der Waals surface area contributed by atoms with Crippen LogP contribution >= 0.6 is 11.8 Å². The quantitative estimate of drug-likeness (QED) is 0.596. The van der Waals surface area contributed by atoms with Crippen LogP contribution in [-0.4, -0.2) is 38.9 Å². The highest BCUT2D eigenvalue weighted by Crippen LogP contribution is 2.49. The van der Waals surface area contributed by atoms with Crippen molar-refractivity contribution >= 4 is 29.6 Å². The largest absolute Gasteiger partial charge is 0.368 e. The van der Waals surface area contributed by atoms with Crippen molar-refractivity contribution in [2.45, 2.75) is 43.8 Å². The molecule has 126 valence electrons. The summed E-state index contributed by atoms with van der Waals surface area (Å²) in [5.41, 5.74) is 5.40. The predicted octanol–water partition coefficient (Wildman–Crippen LogP) is 1.13. The molecule has 1 heterocycles. The van der Waals surface area contributed by atoms with Gasteiger partial charge in [0, 0.05) is 6.04 Å². The molecule has 0 saturated heterocycles. The molecule has 4 atom stereocenters. The monoisotopic (exact) mass is 338 g/mol.